The molecule has 2 aliphatic heterocycles. The summed E-state index contributed by atoms with van der Waals surface area (Å²) in [5.74, 6) is 0.305. The molecule has 2 aliphatic rings. The van der Waals surface area contributed by atoms with Crippen LogP contribution >= 0.6 is 0 Å². The molecule has 0 bridgehead atoms. The van der Waals surface area contributed by atoms with Gasteiger partial charge in [0.2, 0.25) is 11.8 Å². The number of carbonyl (C=O) groups excluding carboxylic acids is 2. The van der Waals surface area contributed by atoms with E-state index in [1.54, 1.807) is 4.90 Å². The molecule has 0 aliphatic carbocycles. The van der Waals surface area contributed by atoms with Crippen molar-refractivity contribution in [3.05, 3.63) is 35.9 Å². The van der Waals surface area contributed by atoms with Crippen molar-refractivity contribution in [3.8, 4) is 0 Å². The maximum atomic E-state index is 12.7. The zero-order chi connectivity index (χ0) is 16.3. The minimum Gasteiger partial charge on any atom is -0.344 e. The van der Waals surface area contributed by atoms with Crippen LogP contribution in [0.2, 0.25) is 0 Å². The highest BCUT2D eigenvalue weighted by atomic mass is 16.2. The van der Waals surface area contributed by atoms with Gasteiger partial charge in [0.05, 0.1) is 0 Å². The van der Waals surface area contributed by atoms with Crippen LogP contribution in [0.15, 0.2) is 30.3 Å². The topological polar surface area (TPSA) is 40.6 Å². The monoisotopic (exact) mass is 314 g/mol. The maximum absolute atomic E-state index is 12.7. The van der Waals surface area contributed by atoms with Gasteiger partial charge in [-0.25, -0.2) is 0 Å². The maximum Gasteiger partial charge on any atom is 0.248 e. The lowest BCUT2D eigenvalue weighted by molar-refractivity contribution is -0.154. The van der Waals surface area contributed by atoms with Gasteiger partial charge in [-0.2, -0.15) is 0 Å². The molecule has 2 heterocycles. The van der Waals surface area contributed by atoms with Gasteiger partial charge in [-0.1, -0.05) is 30.3 Å². The summed E-state index contributed by atoms with van der Waals surface area (Å²) in [5, 5.41) is 0. The predicted octanol–water partition coefficient (Wildman–Crippen LogP) is 2.62. The number of rotatable bonds is 4. The molecule has 124 valence electrons. The van der Waals surface area contributed by atoms with E-state index in [2.05, 4.69) is 12.1 Å². The summed E-state index contributed by atoms with van der Waals surface area (Å²) >= 11 is 0. The summed E-state index contributed by atoms with van der Waals surface area (Å²) in [6.45, 7) is 1.56. The average molecular weight is 314 g/mol. The van der Waals surface area contributed by atoms with Crippen LogP contribution in [0.5, 0.6) is 0 Å². The van der Waals surface area contributed by atoms with E-state index in [0.29, 0.717) is 6.42 Å². The molecule has 4 nitrogen and oxygen atoms in total. The van der Waals surface area contributed by atoms with Crippen LogP contribution in [0.3, 0.4) is 0 Å². The van der Waals surface area contributed by atoms with Crippen molar-refractivity contribution in [2.75, 3.05) is 20.1 Å². The van der Waals surface area contributed by atoms with Crippen LogP contribution in [0.25, 0.3) is 0 Å². The normalized spacial score (nSPS) is 24.5. The highest BCUT2D eigenvalue weighted by molar-refractivity contribution is 5.92. The minimum absolute atomic E-state index is 0.151. The molecule has 2 amide bonds. The lowest BCUT2D eigenvalue weighted by atomic mass is 9.85. The van der Waals surface area contributed by atoms with Gasteiger partial charge in [0.15, 0.2) is 0 Å². The summed E-state index contributed by atoms with van der Waals surface area (Å²) in [4.78, 5) is 29.1. The molecule has 1 spiro atoms. The molecule has 1 atom stereocenters. The Labute approximate surface area is 138 Å². The fraction of sp³-hybridized carbons (Fsp3) is 0.579. The second kappa shape index (κ2) is 6.73. The summed E-state index contributed by atoms with van der Waals surface area (Å²) in [6.07, 6.45) is 5.91. The fourth-order valence-electron chi connectivity index (χ4n) is 4.12. The lowest BCUT2D eigenvalue weighted by Crippen LogP contribution is -2.60. The smallest absolute Gasteiger partial charge is 0.248 e. The molecule has 1 unspecified atom stereocenters. The Kier molecular flexibility index (Phi) is 4.69. The SMILES string of the molecule is CN1CCCC2(CCCN2C(=O)CCCc2ccccc2)C1=O. The quantitative estimate of drug-likeness (QED) is 0.857. The number of likely N-dealkylation sites (tertiary alicyclic amines) is 2. The second-order valence-corrected chi connectivity index (χ2v) is 6.85. The molecule has 0 aromatic heterocycles. The molecule has 1 aromatic rings. The minimum atomic E-state index is -0.531. The van der Waals surface area contributed by atoms with Crippen molar-refractivity contribution in [2.45, 2.75) is 50.5 Å². The van der Waals surface area contributed by atoms with Crippen LogP contribution in [-0.4, -0.2) is 47.3 Å². The first kappa shape index (κ1) is 16.0. The number of hydrogen-bond donors (Lipinski definition) is 0. The molecule has 2 fully saturated rings. The third-order valence-corrected chi connectivity index (χ3v) is 5.32. The van der Waals surface area contributed by atoms with Crippen molar-refractivity contribution in [3.63, 3.8) is 0 Å². The van der Waals surface area contributed by atoms with Gasteiger partial charge >= 0.3 is 0 Å². The van der Waals surface area contributed by atoms with Crippen LogP contribution in [0.1, 0.15) is 44.1 Å². The van der Waals surface area contributed by atoms with Gasteiger partial charge in [0, 0.05) is 26.6 Å². The van der Waals surface area contributed by atoms with Crippen molar-refractivity contribution in [1.82, 2.24) is 9.80 Å². The van der Waals surface area contributed by atoms with Gasteiger partial charge in [0.25, 0.3) is 0 Å². The average Bonchev–Trinajstić information content (AvgIpc) is 2.98. The van der Waals surface area contributed by atoms with Gasteiger partial charge < -0.3 is 9.80 Å². The summed E-state index contributed by atoms with van der Waals surface area (Å²) in [5.41, 5.74) is 0.738. The van der Waals surface area contributed by atoms with Gasteiger partial charge in [-0.3, -0.25) is 9.59 Å². The summed E-state index contributed by atoms with van der Waals surface area (Å²) in [6, 6.07) is 10.3. The third-order valence-electron chi connectivity index (χ3n) is 5.32. The van der Waals surface area contributed by atoms with E-state index in [-0.39, 0.29) is 11.8 Å². The highest BCUT2D eigenvalue weighted by Crippen LogP contribution is 2.38. The number of piperidine rings is 1. The Morgan fingerprint density at radius 3 is 2.57 bits per heavy atom. The zero-order valence-electron chi connectivity index (χ0n) is 14.0. The Morgan fingerprint density at radius 2 is 1.83 bits per heavy atom. The molecule has 0 radical (unpaired) electrons. The third kappa shape index (κ3) is 3.12. The first-order valence-electron chi connectivity index (χ1n) is 8.73. The molecule has 0 saturated carbocycles. The first-order chi connectivity index (χ1) is 11.1. The van der Waals surface area contributed by atoms with Crippen LogP contribution in [-0.2, 0) is 16.0 Å². The zero-order valence-corrected chi connectivity index (χ0v) is 14.0. The Bertz CT molecular complexity index is 572. The second-order valence-electron chi connectivity index (χ2n) is 6.85. The molecule has 1 aromatic carbocycles. The fourth-order valence-corrected chi connectivity index (χ4v) is 4.12. The van der Waals surface area contributed by atoms with Gasteiger partial charge in [-0.15, -0.1) is 0 Å². The Hall–Kier alpha value is -1.84. The predicted molar refractivity (Wildman–Crippen MR) is 89.9 cm³/mol. The van der Waals surface area contributed by atoms with Gasteiger partial charge in [0.1, 0.15) is 5.54 Å². The Balaban J connectivity index is 1.61. The number of likely N-dealkylation sites (N-methyl/N-ethyl adjacent to an activating group) is 1. The number of amides is 2. The molecule has 0 N–H and O–H groups in total. The Morgan fingerprint density at radius 1 is 1.13 bits per heavy atom. The van der Waals surface area contributed by atoms with E-state index < -0.39 is 5.54 Å². The molecule has 23 heavy (non-hydrogen) atoms. The molecule has 4 heteroatoms. The number of nitrogens with zero attached hydrogens (tertiary/aromatic N) is 2. The van der Waals surface area contributed by atoms with E-state index in [0.717, 1.165) is 51.6 Å². The van der Waals surface area contributed by atoms with Crippen molar-refractivity contribution in [1.29, 1.82) is 0 Å². The molecule has 3 rings (SSSR count). The standard InChI is InChI=1S/C19H26N2O2/c1-20-14-6-12-19(18(20)23)13-7-15-21(19)17(22)11-5-10-16-8-3-2-4-9-16/h2-4,8-9H,5-7,10-15H2,1H3. The largest absolute Gasteiger partial charge is 0.344 e. The number of benzene rings is 1. The van der Waals surface area contributed by atoms with E-state index in [1.165, 1.54) is 5.56 Å². The number of carbonyl (C=O) groups is 2. The first-order valence-corrected chi connectivity index (χ1v) is 8.73. The summed E-state index contributed by atoms with van der Waals surface area (Å²) < 4.78 is 0. The van der Waals surface area contributed by atoms with Crippen molar-refractivity contribution >= 4 is 11.8 Å². The molecule has 2 saturated heterocycles. The number of hydrogen-bond acceptors (Lipinski definition) is 2. The summed E-state index contributed by atoms with van der Waals surface area (Å²) in [7, 11) is 1.86. The van der Waals surface area contributed by atoms with Crippen LogP contribution < -0.4 is 0 Å². The van der Waals surface area contributed by atoms with E-state index in [4.69, 9.17) is 0 Å². The van der Waals surface area contributed by atoms with E-state index >= 15 is 0 Å². The van der Waals surface area contributed by atoms with E-state index in [1.807, 2.05) is 30.1 Å². The van der Waals surface area contributed by atoms with Crippen LogP contribution in [0, 0.1) is 0 Å². The highest BCUT2D eigenvalue weighted by Gasteiger charge is 2.51. The van der Waals surface area contributed by atoms with Crippen molar-refractivity contribution < 1.29 is 9.59 Å². The lowest BCUT2D eigenvalue weighted by Gasteiger charge is -2.43. The molecular weight excluding hydrogens is 288 g/mol. The molecular formula is C19H26N2O2. The van der Waals surface area contributed by atoms with Crippen LogP contribution in [0.4, 0.5) is 0 Å². The van der Waals surface area contributed by atoms with Crippen molar-refractivity contribution in [2.24, 2.45) is 0 Å². The van der Waals surface area contributed by atoms with Gasteiger partial charge in [-0.05, 0) is 44.1 Å². The van der Waals surface area contributed by atoms with E-state index in [9.17, 15) is 9.59 Å². The number of aryl methyl sites for hydroxylation is 1.